The van der Waals surface area contributed by atoms with Crippen LogP contribution in [0.4, 0.5) is 5.95 Å². The van der Waals surface area contributed by atoms with E-state index in [1.54, 1.807) is 12.3 Å². The van der Waals surface area contributed by atoms with Gasteiger partial charge in [-0.05, 0) is 43.0 Å². The molecule has 1 saturated heterocycles. The molecule has 1 amide bonds. The van der Waals surface area contributed by atoms with Crippen LogP contribution in [0, 0.1) is 0 Å². The van der Waals surface area contributed by atoms with Crippen molar-refractivity contribution in [1.29, 1.82) is 0 Å². The maximum Gasteiger partial charge on any atom is 0.270 e. The third-order valence-corrected chi connectivity index (χ3v) is 4.95. The van der Waals surface area contributed by atoms with Crippen molar-refractivity contribution in [2.45, 2.75) is 25.3 Å². The average molecular weight is 337 g/mol. The smallest absolute Gasteiger partial charge is 0.270 e. The van der Waals surface area contributed by atoms with Crippen LogP contribution in [0.25, 0.3) is 0 Å². The molecule has 2 N–H and O–H groups in total. The van der Waals surface area contributed by atoms with Crippen LogP contribution in [0.1, 0.15) is 40.5 Å². The topological polar surface area (TPSA) is 70.2 Å². The molecule has 6 nitrogen and oxygen atoms in total. The van der Waals surface area contributed by atoms with Gasteiger partial charge in [-0.3, -0.25) is 4.79 Å². The Hall–Kier alpha value is -2.47. The lowest BCUT2D eigenvalue weighted by molar-refractivity contribution is 0.0944. The molecule has 1 aromatic carbocycles. The van der Waals surface area contributed by atoms with Crippen molar-refractivity contribution in [2.24, 2.45) is 0 Å². The van der Waals surface area contributed by atoms with Gasteiger partial charge in [-0.2, -0.15) is 0 Å². The van der Waals surface area contributed by atoms with Crippen molar-refractivity contribution in [3.63, 3.8) is 0 Å². The highest BCUT2D eigenvalue weighted by molar-refractivity contribution is 5.92. The number of rotatable bonds is 4. The molecule has 2 aliphatic rings. The summed E-state index contributed by atoms with van der Waals surface area (Å²) in [5, 5.41) is 6.50. The Bertz CT molecular complexity index is 757. The van der Waals surface area contributed by atoms with Crippen molar-refractivity contribution in [3.05, 3.63) is 53.3 Å². The first-order valence-electron chi connectivity index (χ1n) is 8.98. The fourth-order valence-corrected chi connectivity index (χ4v) is 3.60. The fourth-order valence-electron chi connectivity index (χ4n) is 3.60. The number of hydrogen-bond acceptors (Lipinski definition) is 5. The number of fused-ring (bicyclic) bond motifs is 1. The van der Waals surface area contributed by atoms with Gasteiger partial charge in [0.05, 0.1) is 0 Å². The van der Waals surface area contributed by atoms with Crippen LogP contribution in [0.5, 0.6) is 0 Å². The Kier molecular flexibility index (Phi) is 4.61. The van der Waals surface area contributed by atoms with E-state index in [1.807, 2.05) is 6.07 Å². The molecule has 0 saturated carbocycles. The van der Waals surface area contributed by atoms with Gasteiger partial charge in [0.25, 0.3) is 5.91 Å². The molecule has 130 valence electrons. The first-order valence-corrected chi connectivity index (χ1v) is 8.98. The zero-order valence-electron chi connectivity index (χ0n) is 14.2. The largest absolute Gasteiger partial charge is 0.349 e. The highest BCUT2D eigenvalue weighted by atomic mass is 16.1. The van der Waals surface area contributed by atoms with Crippen LogP contribution in [0.3, 0.4) is 0 Å². The van der Waals surface area contributed by atoms with Gasteiger partial charge in [-0.15, -0.1) is 0 Å². The Labute approximate surface area is 147 Å². The minimum absolute atomic E-state index is 0.146. The van der Waals surface area contributed by atoms with Crippen LogP contribution in [-0.4, -0.2) is 42.1 Å². The Morgan fingerprint density at radius 3 is 2.96 bits per heavy atom. The maximum atomic E-state index is 12.5. The number of anilines is 1. The predicted octanol–water partition coefficient (Wildman–Crippen LogP) is 1.69. The summed E-state index contributed by atoms with van der Waals surface area (Å²) in [5.74, 6) is 0.513. The number of carbonyl (C=O) groups excluding carboxylic acids is 1. The zero-order valence-corrected chi connectivity index (χ0v) is 14.2. The number of hydrogen-bond donors (Lipinski definition) is 2. The number of amides is 1. The summed E-state index contributed by atoms with van der Waals surface area (Å²) in [6.45, 7) is 3.42. The third-order valence-electron chi connectivity index (χ3n) is 4.95. The molecule has 2 aromatic rings. The van der Waals surface area contributed by atoms with E-state index in [4.69, 9.17) is 0 Å². The Morgan fingerprint density at radius 2 is 2.08 bits per heavy atom. The quantitative estimate of drug-likeness (QED) is 0.888. The lowest BCUT2D eigenvalue weighted by atomic mass is 9.94. The van der Waals surface area contributed by atoms with Gasteiger partial charge < -0.3 is 15.5 Å². The van der Waals surface area contributed by atoms with E-state index in [0.717, 1.165) is 38.9 Å². The summed E-state index contributed by atoms with van der Waals surface area (Å²) >= 11 is 0. The number of nitrogens with zero attached hydrogens (tertiary/aromatic N) is 3. The number of benzene rings is 1. The highest BCUT2D eigenvalue weighted by Crippen LogP contribution is 2.22. The second-order valence-corrected chi connectivity index (χ2v) is 6.60. The van der Waals surface area contributed by atoms with Gasteiger partial charge >= 0.3 is 0 Å². The number of carbonyl (C=O) groups is 1. The van der Waals surface area contributed by atoms with Gasteiger partial charge in [0, 0.05) is 31.9 Å². The minimum atomic E-state index is -0.146. The summed E-state index contributed by atoms with van der Waals surface area (Å²) in [6, 6.07) is 10.2. The van der Waals surface area contributed by atoms with Crippen molar-refractivity contribution < 1.29 is 4.79 Å². The lowest BCUT2D eigenvalue weighted by Gasteiger charge is -2.27. The minimum Gasteiger partial charge on any atom is -0.349 e. The summed E-state index contributed by atoms with van der Waals surface area (Å²) in [4.78, 5) is 23.4. The second-order valence-electron chi connectivity index (χ2n) is 6.60. The van der Waals surface area contributed by atoms with E-state index in [2.05, 4.69) is 43.7 Å². The van der Waals surface area contributed by atoms with E-state index in [1.165, 1.54) is 11.1 Å². The molecule has 1 fully saturated rings. The van der Waals surface area contributed by atoms with E-state index in [-0.39, 0.29) is 11.9 Å². The predicted molar refractivity (Wildman–Crippen MR) is 96.7 cm³/mol. The maximum absolute atomic E-state index is 12.5. The van der Waals surface area contributed by atoms with Crippen molar-refractivity contribution >= 4 is 11.9 Å². The summed E-state index contributed by atoms with van der Waals surface area (Å²) in [6.07, 6.45) is 5.02. The molecule has 6 heteroatoms. The van der Waals surface area contributed by atoms with Gasteiger partial charge in [-0.1, -0.05) is 24.3 Å². The lowest BCUT2D eigenvalue weighted by Crippen LogP contribution is -2.39. The molecular formula is C19H23N5O. The molecule has 0 bridgehead atoms. The number of nitrogens with one attached hydrogen (secondary N) is 2. The van der Waals surface area contributed by atoms with Gasteiger partial charge in [-0.25, -0.2) is 9.97 Å². The second kappa shape index (κ2) is 7.19. The van der Waals surface area contributed by atoms with E-state index in [9.17, 15) is 4.79 Å². The van der Waals surface area contributed by atoms with Crippen LogP contribution in [0.2, 0.25) is 0 Å². The zero-order chi connectivity index (χ0) is 17.1. The van der Waals surface area contributed by atoms with Gasteiger partial charge in [0.15, 0.2) is 0 Å². The summed E-state index contributed by atoms with van der Waals surface area (Å²) in [7, 11) is 0. The van der Waals surface area contributed by atoms with Crippen molar-refractivity contribution in [3.8, 4) is 0 Å². The molecule has 0 aliphatic carbocycles. The molecule has 0 spiro atoms. The van der Waals surface area contributed by atoms with Crippen molar-refractivity contribution in [2.75, 3.05) is 31.1 Å². The summed E-state index contributed by atoms with van der Waals surface area (Å²) < 4.78 is 0. The molecule has 4 rings (SSSR count). The fraction of sp³-hybridized carbons (Fsp3) is 0.421. The first kappa shape index (κ1) is 16.0. The Morgan fingerprint density at radius 1 is 1.24 bits per heavy atom. The molecule has 25 heavy (non-hydrogen) atoms. The molecule has 1 unspecified atom stereocenters. The van der Waals surface area contributed by atoms with Gasteiger partial charge in [0.2, 0.25) is 5.95 Å². The van der Waals surface area contributed by atoms with Crippen LogP contribution < -0.4 is 15.5 Å². The van der Waals surface area contributed by atoms with E-state index in [0.29, 0.717) is 18.2 Å². The normalized spacial score (nSPS) is 19.5. The van der Waals surface area contributed by atoms with Crippen molar-refractivity contribution in [1.82, 2.24) is 20.6 Å². The van der Waals surface area contributed by atoms with E-state index >= 15 is 0 Å². The average Bonchev–Trinajstić information content (AvgIpc) is 3.21. The highest BCUT2D eigenvalue weighted by Gasteiger charge is 2.21. The first-order chi connectivity index (χ1) is 12.3. The molecule has 2 aliphatic heterocycles. The van der Waals surface area contributed by atoms with Crippen LogP contribution in [-0.2, 0) is 6.42 Å². The third kappa shape index (κ3) is 3.49. The molecule has 1 atom stereocenters. The number of aromatic nitrogens is 2. The molecule has 1 aromatic heterocycles. The van der Waals surface area contributed by atoms with E-state index < -0.39 is 0 Å². The summed E-state index contributed by atoms with van der Waals surface area (Å²) in [5.41, 5.74) is 3.06. The van der Waals surface area contributed by atoms with Crippen LogP contribution in [0.15, 0.2) is 36.5 Å². The standard InChI is InChI=1S/C19H23N5O/c25-18(16-8-10-21-19(23-16)24-11-3-4-12-24)22-13-17-15-6-2-1-5-14(15)7-9-20-17/h1-2,5-6,8,10,17,20H,3-4,7,9,11-13H2,(H,22,25). The monoisotopic (exact) mass is 337 g/mol. The SMILES string of the molecule is O=C(NCC1NCCc2ccccc21)c1ccnc(N2CCCC2)n1. The molecule has 0 radical (unpaired) electrons. The van der Waals surface area contributed by atoms with Gasteiger partial charge in [0.1, 0.15) is 5.69 Å². The Balaban J connectivity index is 1.42. The molecular weight excluding hydrogens is 314 g/mol. The molecule has 3 heterocycles. The van der Waals surface area contributed by atoms with Crippen LogP contribution >= 0.6 is 0 Å².